The van der Waals surface area contributed by atoms with Crippen LogP contribution < -0.4 is 4.90 Å². The van der Waals surface area contributed by atoms with Gasteiger partial charge in [0.1, 0.15) is 5.82 Å². The minimum Gasteiger partial charge on any atom is -0.389 e. The van der Waals surface area contributed by atoms with Crippen molar-refractivity contribution < 1.29 is 14.2 Å². The Morgan fingerprint density at radius 3 is 2.88 bits per heavy atom. The molecule has 94 valence electrons. The van der Waals surface area contributed by atoms with Crippen LogP contribution in [-0.4, -0.2) is 30.9 Å². The van der Waals surface area contributed by atoms with E-state index >= 15 is 0 Å². The molecule has 1 fully saturated rings. The molecule has 0 radical (unpaired) electrons. The predicted octanol–water partition coefficient (Wildman–Crippen LogP) is 2.10. The largest absolute Gasteiger partial charge is 0.389 e. The standard InChI is InChI=1S/C13H18FNO2/c1-9-8-15(5-6-17-9)13-4-3-11(10(2)16)7-12(13)14/h3-4,7,9-10,16H,5-6,8H2,1-2H3. The number of rotatable bonds is 2. The Hall–Kier alpha value is -1.13. The third-order valence-corrected chi connectivity index (χ3v) is 3.04. The zero-order valence-corrected chi connectivity index (χ0v) is 10.2. The van der Waals surface area contributed by atoms with E-state index in [-0.39, 0.29) is 11.9 Å². The van der Waals surface area contributed by atoms with Crippen molar-refractivity contribution in [3.05, 3.63) is 29.6 Å². The summed E-state index contributed by atoms with van der Waals surface area (Å²) < 4.78 is 19.4. The molecule has 1 saturated heterocycles. The van der Waals surface area contributed by atoms with Crippen LogP contribution in [0.2, 0.25) is 0 Å². The van der Waals surface area contributed by atoms with Crippen LogP contribution in [0, 0.1) is 5.82 Å². The van der Waals surface area contributed by atoms with Gasteiger partial charge in [-0.3, -0.25) is 0 Å². The zero-order valence-electron chi connectivity index (χ0n) is 10.2. The third kappa shape index (κ3) is 2.76. The van der Waals surface area contributed by atoms with Crippen LogP contribution in [-0.2, 0) is 4.74 Å². The smallest absolute Gasteiger partial charge is 0.146 e. The van der Waals surface area contributed by atoms with Gasteiger partial charge in [0.25, 0.3) is 0 Å². The van der Waals surface area contributed by atoms with Gasteiger partial charge in [-0.1, -0.05) is 6.07 Å². The second-order valence-corrected chi connectivity index (χ2v) is 4.51. The van der Waals surface area contributed by atoms with E-state index in [2.05, 4.69) is 0 Å². The number of hydrogen-bond acceptors (Lipinski definition) is 3. The average Bonchev–Trinajstić information content (AvgIpc) is 2.28. The molecule has 0 amide bonds. The van der Waals surface area contributed by atoms with Gasteiger partial charge < -0.3 is 14.7 Å². The lowest BCUT2D eigenvalue weighted by Gasteiger charge is -2.33. The van der Waals surface area contributed by atoms with Crippen molar-refractivity contribution in [2.24, 2.45) is 0 Å². The fourth-order valence-electron chi connectivity index (χ4n) is 2.08. The Kier molecular flexibility index (Phi) is 3.64. The predicted molar refractivity (Wildman–Crippen MR) is 64.7 cm³/mol. The molecular weight excluding hydrogens is 221 g/mol. The highest BCUT2D eigenvalue weighted by molar-refractivity contribution is 5.49. The number of halogens is 1. The number of aliphatic hydroxyl groups excluding tert-OH is 1. The molecule has 1 N–H and O–H groups in total. The SMILES string of the molecule is CC1CN(c2ccc(C(C)O)cc2F)CCO1. The Labute approximate surface area is 101 Å². The van der Waals surface area contributed by atoms with E-state index in [4.69, 9.17) is 4.74 Å². The topological polar surface area (TPSA) is 32.7 Å². The van der Waals surface area contributed by atoms with E-state index in [0.717, 1.165) is 0 Å². The van der Waals surface area contributed by atoms with Gasteiger partial charge in [0.15, 0.2) is 0 Å². The highest BCUT2D eigenvalue weighted by atomic mass is 19.1. The molecule has 17 heavy (non-hydrogen) atoms. The summed E-state index contributed by atoms with van der Waals surface area (Å²) in [6.07, 6.45) is -0.512. The summed E-state index contributed by atoms with van der Waals surface area (Å²) in [7, 11) is 0. The minimum atomic E-state index is -0.637. The third-order valence-electron chi connectivity index (χ3n) is 3.04. The summed E-state index contributed by atoms with van der Waals surface area (Å²) >= 11 is 0. The van der Waals surface area contributed by atoms with Crippen molar-refractivity contribution >= 4 is 5.69 Å². The molecule has 1 aliphatic heterocycles. The maximum atomic E-state index is 13.9. The maximum absolute atomic E-state index is 13.9. The van der Waals surface area contributed by atoms with Crippen LogP contribution in [0.15, 0.2) is 18.2 Å². The molecule has 1 aromatic rings. The van der Waals surface area contributed by atoms with E-state index in [1.54, 1.807) is 19.1 Å². The summed E-state index contributed by atoms with van der Waals surface area (Å²) in [5, 5.41) is 9.39. The molecule has 0 aromatic heterocycles. The number of benzene rings is 1. The van der Waals surface area contributed by atoms with Crippen molar-refractivity contribution in [3.63, 3.8) is 0 Å². The lowest BCUT2D eigenvalue weighted by Crippen LogP contribution is -2.41. The maximum Gasteiger partial charge on any atom is 0.146 e. The first-order valence-corrected chi connectivity index (χ1v) is 5.92. The van der Waals surface area contributed by atoms with Crippen LogP contribution in [0.5, 0.6) is 0 Å². The van der Waals surface area contributed by atoms with Crippen LogP contribution >= 0.6 is 0 Å². The highest BCUT2D eigenvalue weighted by Gasteiger charge is 2.19. The molecule has 1 heterocycles. The van der Waals surface area contributed by atoms with E-state index in [9.17, 15) is 9.50 Å². The molecule has 1 aromatic carbocycles. The Balaban J connectivity index is 2.21. The van der Waals surface area contributed by atoms with E-state index in [1.807, 2.05) is 11.8 Å². The second-order valence-electron chi connectivity index (χ2n) is 4.51. The summed E-state index contributed by atoms with van der Waals surface area (Å²) in [4.78, 5) is 1.98. The van der Waals surface area contributed by atoms with Crippen molar-refractivity contribution in [2.75, 3.05) is 24.6 Å². The number of nitrogens with zero attached hydrogens (tertiary/aromatic N) is 1. The Morgan fingerprint density at radius 2 is 2.29 bits per heavy atom. The van der Waals surface area contributed by atoms with Gasteiger partial charge in [0.05, 0.1) is 24.5 Å². The monoisotopic (exact) mass is 239 g/mol. The van der Waals surface area contributed by atoms with Crippen molar-refractivity contribution in [3.8, 4) is 0 Å². The molecule has 0 aliphatic carbocycles. The number of morpholine rings is 1. The second kappa shape index (κ2) is 5.02. The van der Waals surface area contributed by atoms with Gasteiger partial charge in [0, 0.05) is 13.1 Å². The molecule has 2 rings (SSSR count). The van der Waals surface area contributed by atoms with Crippen LogP contribution in [0.1, 0.15) is 25.5 Å². The number of aliphatic hydroxyl groups is 1. The first-order chi connectivity index (χ1) is 8.08. The Bertz CT molecular complexity index is 395. The fraction of sp³-hybridized carbons (Fsp3) is 0.538. The summed E-state index contributed by atoms with van der Waals surface area (Å²) in [5.41, 5.74) is 1.19. The van der Waals surface area contributed by atoms with Crippen LogP contribution in [0.25, 0.3) is 0 Å². The Morgan fingerprint density at radius 1 is 1.53 bits per heavy atom. The van der Waals surface area contributed by atoms with Crippen molar-refractivity contribution in [1.82, 2.24) is 0 Å². The van der Waals surface area contributed by atoms with Crippen molar-refractivity contribution in [1.29, 1.82) is 0 Å². The van der Waals surface area contributed by atoms with Gasteiger partial charge in [-0.25, -0.2) is 4.39 Å². The first kappa shape index (κ1) is 12.3. The van der Waals surface area contributed by atoms with Gasteiger partial charge in [-0.05, 0) is 31.5 Å². The van der Waals surface area contributed by atoms with E-state index in [0.29, 0.717) is 30.9 Å². The number of hydrogen-bond donors (Lipinski definition) is 1. The lowest BCUT2D eigenvalue weighted by atomic mass is 10.1. The number of anilines is 1. The molecular formula is C13H18FNO2. The highest BCUT2D eigenvalue weighted by Crippen LogP contribution is 2.24. The molecule has 2 atom stereocenters. The van der Waals surface area contributed by atoms with Crippen LogP contribution in [0.3, 0.4) is 0 Å². The van der Waals surface area contributed by atoms with Crippen molar-refractivity contribution in [2.45, 2.75) is 26.1 Å². The van der Waals surface area contributed by atoms with E-state index in [1.165, 1.54) is 6.07 Å². The molecule has 2 unspecified atom stereocenters. The molecule has 0 saturated carbocycles. The van der Waals surface area contributed by atoms with Crippen LogP contribution in [0.4, 0.5) is 10.1 Å². The minimum absolute atomic E-state index is 0.125. The summed E-state index contributed by atoms with van der Waals surface area (Å²) in [6.45, 7) is 5.64. The summed E-state index contributed by atoms with van der Waals surface area (Å²) in [5.74, 6) is -0.280. The normalized spacial score (nSPS) is 22.6. The molecule has 0 spiro atoms. The van der Waals surface area contributed by atoms with Gasteiger partial charge in [-0.2, -0.15) is 0 Å². The molecule has 1 aliphatic rings. The fourth-order valence-corrected chi connectivity index (χ4v) is 2.08. The zero-order chi connectivity index (χ0) is 12.4. The molecule has 0 bridgehead atoms. The van der Waals surface area contributed by atoms with Gasteiger partial charge in [0.2, 0.25) is 0 Å². The van der Waals surface area contributed by atoms with E-state index < -0.39 is 6.10 Å². The van der Waals surface area contributed by atoms with Gasteiger partial charge in [-0.15, -0.1) is 0 Å². The lowest BCUT2D eigenvalue weighted by molar-refractivity contribution is 0.0530. The van der Waals surface area contributed by atoms with Gasteiger partial charge >= 0.3 is 0 Å². The molecule has 4 heteroatoms. The molecule has 3 nitrogen and oxygen atoms in total. The first-order valence-electron chi connectivity index (χ1n) is 5.92. The average molecular weight is 239 g/mol. The number of ether oxygens (including phenoxy) is 1. The quantitative estimate of drug-likeness (QED) is 0.858. The summed E-state index contributed by atoms with van der Waals surface area (Å²) in [6, 6.07) is 4.90.